The molecule has 1 saturated heterocycles. The van der Waals surface area contributed by atoms with Gasteiger partial charge in [0.15, 0.2) is 0 Å². The topological polar surface area (TPSA) is 50.8 Å². The average molecular weight is 501 g/mol. The number of benzene rings is 3. The number of carbonyl (C=O) groups excluding carboxylic acids is 1. The lowest BCUT2D eigenvalue weighted by Crippen LogP contribution is -2.50. The summed E-state index contributed by atoms with van der Waals surface area (Å²) < 4.78 is 11.2. The minimum atomic E-state index is -0.675. The van der Waals surface area contributed by atoms with Gasteiger partial charge in [-0.15, -0.1) is 0 Å². The van der Waals surface area contributed by atoms with Crippen molar-refractivity contribution < 1.29 is 14.3 Å². The smallest absolute Gasteiger partial charge is 0.235 e. The average Bonchev–Trinajstić information content (AvgIpc) is 2.92. The van der Waals surface area contributed by atoms with Crippen LogP contribution in [0.25, 0.3) is 0 Å². The molecule has 196 valence electrons. The summed E-state index contributed by atoms with van der Waals surface area (Å²) in [5.74, 6) is 2.27. The SMILES string of the molecule is COc1cccc(C2(C(=O)Nc3c(C(C)C)cccc3C(C)C)CCN(c3ccccc3OC)CC2)c1. The summed E-state index contributed by atoms with van der Waals surface area (Å²) in [4.78, 5) is 16.7. The van der Waals surface area contributed by atoms with Crippen molar-refractivity contribution in [3.05, 3.63) is 83.4 Å². The Morgan fingerprint density at radius 2 is 1.46 bits per heavy atom. The van der Waals surface area contributed by atoms with Crippen LogP contribution in [0.2, 0.25) is 0 Å². The van der Waals surface area contributed by atoms with E-state index in [1.807, 2.05) is 36.4 Å². The first kappa shape index (κ1) is 26.6. The molecule has 1 fully saturated rings. The van der Waals surface area contributed by atoms with E-state index in [1.165, 1.54) is 11.1 Å². The number of carbonyl (C=O) groups is 1. The van der Waals surface area contributed by atoms with Gasteiger partial charge in [0, 0.05) is 18.8 Å². The minimum absolute atomic E-state index is 0.0513. The summed E-state index contributed by atoms with van der Waals surface area (Å²) >= 11 is 0. The van der Waals surface area contributed by atoms with Crippen LogP contribution in [0.4, 0.5) is 11.4 Å². The molecule has 0 atom stereocenters. The number of piperidine rings is 1. The van der Waals surface area contributed by atoms with Gasteiger partial charge in [0.2, 0.25) is 5.91 Å². The van der Waals surface area contributed by atoms with E-state index in [1.54, 1.807) is 14.2 Å². The van der Waals surface area contributed by atoms with Crippen molar-refractivity contribution in [1.82, 2.24) is 0 Å². The Bertz CT molecular complexity index is 1200. The standard InChI is InChI=1S/C32H40N2O3/c1-22(2)26-13-10-14-27(23(3)4)30(26)33-31(35)32(24-11-9-12-25(21-24)36-5)17-19-34(20-18-32)28-15-7-8-16-29(28)37-6/h7-16,21-23H,17-20H2,1-6H3,(H,33,35). The Morgan fingerprint density at radius 1 is 0.838 bits per heavy atom. The first-order valence-corrected chi connectivity index (χ1v) is 13.3. The molecule has 1 amide bonds. The van der Waals surface area contributed by atoms with Crippen LogP contribution in [0, 0.1) is 0 Å². The van der Waals surface area contributed by atoms with Gasteiger partial charge in [-0.1, -0.05) is 70.2 Å². The van der Waals surface area contributed by atoms with Crippen LogP contribution in [0.15, 0.2) is 66.7 Å². The first-order chi connectivity index (χ1) is 17.8. The van der Waals surface area contributed by atoms with E-state index in [-0.39, 0.29) is 5.91 Å². The summed E-state index contributed by atoms with van der Waals surface area (Å²) in [7, 11) is 3.37. The lowest BCUT2D eigenvalue weighted by molar-refractivity contribution is -0.122. The molecule has 37 heavy (non-hydrogen) atoms. The molecule has 0 unspecified atom stereocenters. The van der Waals surface area contributed by atoms with Crippen LogP contribution in [0.5, 0.6) is 11.5 Å². The third kappa shape index (κ3) is 5.31. The lowest BCUT2D eigenvalue weighted by Gasteiger charge is -2.42. The van der Waals surface area contributed by atoms with E-state index < -0.39 is 5.41 Å². The summed E-state index contributed by atoms with van der Waals surface area (Å²) in [5.41, 5.74) is 4.70. The summed E-state index contributed by atoms with van der Waals surface area (Å²) in [6.07, 6.45) is 1.37. The summed E-state index contributed by atoms with van der Waals surface area (Å²) in [6.45, 7) is 10.2. The van der Waals surface area contributed by atoms with E-state index in [9.17, 15) is 4.79 Å². The Balaban J connectivity index is 1.73. The highest BCUT2D eigenvalue weighted by atomic mass is 16.5. The van der Waals surface area contributed by atoms with Crippen LogP contribution in [-0.4, -0.2) is 33.2 Å². The molecule has 4 rings (SSSR count). The number of hydrogen-bond acceptors (Lipinski definition) is 4. The van der Waals surface area contributed by atoms with E-state index in [0.717, 1.165) is 41.5 Å². The van der Waals surface area contributed by atoms with Gasteiger partial charge >= 0.3 is 0 Å². The normalized spacial score (nSPS) is 15.1. The van der Waals surface area contributed by atoms with Gasteiger partial charge in [-0.05, 0) is 65.6 Å². The number of nitrogens with one attached hydrogen (secondary N) is 1. The zero-order chi connectivity index (χ0) is 26.6. The molecule has 0 aromatic heterocycles. The number of nitrogens with zero attached hydrogens (tertiary/aromatic N) is 1. The van der Waals surface area contributed by atoms with Gasteiger partial charge in [0.1, 0.15) is 11.5 Å². The van der Waals surface area contributed by atoms with Crippen molar-refractivity contribution in [2.45, 2.75) is 57.8 Å². The first-order valence-electron chi connectivity index (χ1n) is 13.3. The molecule has 3 aromatic rings. The molecule has 1 aliphatic heterocycles. The maximum Gasteiger partial charge on any atom is 0.235 e. The Labute approximate surface area is 221 Å². The quantitative estimate of drug-likeness (QED) is 0.357. The monoisotopic (exact) mass is 500 g/mol. The van der Waals surface area contributed by atoms with E-state index in [0.29, 0.717) is 24.7 Å². The fourth-order valence-electron chi connectivity index (χ4n) is 5.52. The van der Waals surface area contributed by atoms with Crippen LogP contribution in [0.1, 0.15) is 69.1 Å². The van der Waals surface area contributed by atoms with E-state index in [2.05, 4.69) is 68.2 Å². The largest absolute Gasteiger partial charge is 0.497 e. The molecule has 0 saturated carbocycles. The maximum atomic E-state index is 14.4. The fraction of sp³-hybridized carbons (Fsp3) is 0.406. The van der Waals surface area contributed by atoms with E-state index >= 15 is 0 Å². The molecular weight excluding hydrogens is 460 g/mol. The van der Waals surface area contributed by atoms with E-state index in [4.69, 9.17) is 9.47 Å². The number of rotatable bonds is 8. The molecule has 0 spiro atoms. The van der Waals surface area contributed by atoms with Gasteiger partial charge in [0.25, 0.3) is 0 Å². The Hall–Kier alpha value is -3.47. The highest BCUT2D eigenvalue weighted by Gasteiger charge is 2.44. The number of para-hydroxylation sites is 3. The van der Waals surface area contributed by atoms with Crippen LogP contribution < -0.4 is 19.7 Å². The van der Waals surface area contributed by atoms with Gasteiger partial charge < -0.3 is 19.7 Å². The molecule has 0 aliphatic carbocycles. The van der Waals surface area contributed by atoms with Crippen molar-refractivity contribution >= 4 is 17.3 Å². The maximum absolute atomic E-state index is 14.4. The molecule has 0 radical (unpaired) electrons. The van der Waals surface area contributed by atoms with Gasteiger partial charge in [-0.2, -0.15) is 0 Å². The Morgan fingerprint density at radius 3 is 2.05 bits per heavy atom. The van der Waals surface area contributed by atoms with Gasteiger partial charge in [-0.25, -0.2) is 0 Å². The van der Waals surface area contributed by atoms with Gasteiger partial charge in [0.05, 0.1) is 25.3 Å². The number of anilines is 2. The second kappa shape index (κ2) is 11.3. The Kier molecular flexibility index (Phi) is 8.11. The molecule has 0 bridgehead atoms. The summed E-state index contributed by atoms with van der Waals surface area (Å²) in [6, 6.07) is 22.5. The molecule has 5 heteroatoms. The van der Waals surface area contributed by atoms with Crippen LogP contribution in [0.3, 0.4) is 0 Å². The van der Waals surface area contributed by atoms with Crippen LogP contribution >= 0.6 is 0 Å². The second-order valence-electron chi connectivity index (χ2n) is 10.5. The highest BCUT2D eigenvalue weighted by Crippen LogP contribution is 2.42. The van der Waals surface area contributed by atoms with Crippen LogP contribution in [-0.2, 0) is 10.2 Å². The zero-order valence-electron chi connectivity index (χ0n) is 23.0. The van der Waals surface area contributed by atoms with Crippen molar-refractivity contribution in [1.29, 1.82) is 0 Å². The predicted octanol–water partition coefficient (Wildman–Crippen LogP) is 7.13. The molecule has 3 aromatic carbocycles. The molecule has 1 N–H and O–H groups in total. The highest BCUT2D eigenvalue weighted by molar-refractivity contribution is 6.01. The van der Waals surface area contributed by atoms with Gasteiger partial charge in [-0.3, -0.25) is 4.79 Å². The summed E-state index contributed by atoms with van der Waals surface area (Å²) in [5, 5.41) is 3.44. The van der Waals surface area contributed by atoms with Crippen molar-refractivity contribution in [3.63, 3.8) is 0 Å². The number of methoxy groups -OCH3 is 2. The number of hydrogen-bond donors (Lipinski definition) is 1. The lowest BCUT2D eigenvalue weighted by atomic mass is 9.71. The fourth-order valence-corrected chi connectivity index (χ4v) is 5.52. The van der Waals surface area contributed by atoms with Crippen molar-refractivity contribution in [2.75, 3.05) is 37.5 Å². The second-order valence-corrected chi connectivity index (χ2v) is 10.5. The number of amides is 1. The minimum Gasteiger partial charge on any atom is -0.497 e. The number of ether oxygens (including phenoxy) is 2. The molecule has 1 aliphatic rings. The van der Waals surface area contributed by atoms with Crippen molar-refractivity contribution in [3.8, 4) is 11.5 Å². The third-order valence-electron chi connectivity index (χ3n) is 7.71. The van der Waals surface area contributed by atoms with Crippen molar-refractivity contribution in [2.24, 2.45) is 0 Å². The molecule has 1 heterocycles. The third-order valence-corrected chi connectivity index (χ3v) is 7.71. The molecular formula is C32H40N2O3. The molecule has 5 nitrogen and oxygen atoms in total. The predicted molar refractivity (Wildman–Crippen MR) is 152 cm³/mol. The zero-order valence-corrected chi connectivity index (χ0v) is 23.0.